The van der Waals surface area contributed by atoms with Crippen molar-refractivity contribution in [1.82, 2.24) is 20.2 Å². The van der Waals surface area contributed by atoms with Crippen molar-refractivity contribution in [2.75, 3.05) is 13.1 Å². The summed E-state index contributed by atoms with van der Waals surface area (Å²) in [5.41, 5.74) is -1.16. The third-order valence-corrected chi connectivity index (χ3v) is 3.57. The summed E-state index contributed by atoms with van der Waals surface area (Å²) >= 11 is 0. The predicted octanol–water partition coefficient (Wildman–Crippen LogP) is -1.20. The smallest absolute Gasteiger partial charge is 0.328 e. The number of amides is 1. The van der Waals surface area contributed by atoms with Crippen LogP contribution < -0.4 is 21.9 Å². The number of hydrogen-bond acceptors (Lipinski definition) is 4. The molecule has 2 unspecified atom stereocenters. The van der Waals surface area contributed by atoms with Crippen LogP contribution in [0.2, 0.25) is 0 Å². The summed E-state index contributed by atoms with van der Waals surface area (Å²) in [5.74, 6) is -0.0887. The number of piperidine rings is 1. The van der Waals surface area contributed by atoms with E-state index >= 15 is 0 Å². The molecule has 1 aromatic rings. The van der Waals surface area contributed by atoms with E-state index in [2.05, 4.69) is 22.5 Å². The van der Waals surface area contributed by atoms with Gasteiger partial charge in [0.05, 0.1) is 0 Å². The summed E-state index contributed by atoms with van der Waals surface area (Å²) < 4.78 is 0.886. The van der Waals surface area contributed by atoms with Crippen LogP contribution in [0.4, 0.5) is 0 Å². The highest BCUT2D eigenvalue weighted by Crippen LogP contribution is 2.11. The highest BCUT2D eigenvalue weighted by atomic mass is 16.2. The van der Waals surface area contributed by atoms with E-state index in [1.54, 1.807) is 0 Å². The molecule has 7 heteroatoms. The fourth-order valence-corrected chi connectivity index (χ4v) is 2.16. The summed E-state index contributed by atoms with van der Waals surface area (Å²) in [4.78, 5) is 37.5. The molecule has 0 saturated carbocycles. The van der Waals surface area contributed by atoms with E-state index in [1.807, 2.05) is 0 Å². The number of nitrogens with one attached hydrogen (secondary N) is 3. The lowest BCUT2D eigenvalue weighted by atomic mass is 9.94. The molecule has 1 aromatic heterocycles. The second-order valence-electron chi connectivity index (χ2n) is 4.92. The van der Waals surface area contributed by atoms with Crippen molar-refractivity contribution in [2.24, 2.45) is 13.0 Å². The quantitative estimate of drug-likeness (QED) is 0.626. The lowest BCUT2D eigenvalue weighted by molar-refractivity contribution is 0.0912. The Balaban J connectivity index is 2.19. The summed E-state index contributed by atoms with van der Waals surface area (Å²) in [6, 6.07) is -0.00196. The van der Waals surface area contributed by atoms with E-state index in [9.17, 15) is 14.4 Å². The zero-order valence-corrected chi connectivity index (χ0v) is 11.0. The van der Waals surface area contributed by atoms with Gasteiger partial charge in [0.2, 0.25) is 0 Å². The molecule has 2 heterocycles. The lowest BCUT2D eigenvalue weighted by Crippen LogP contribution is -2.51. The van der Waals surface area contributed by atoms with Gasteiger partial charge in [0, 0.05) is 25.8 Å². The van der Waals surface area contributed by atoms with Gasteiger partial charge in [-0.2, -0.15) is 0 Å². The molecular formula is C12H18N4O3. The van der Waals surface area contributed by atoms with E-state index < -0.39 is 17.2 Å². The molecule has 1 fully saturated rings. The number of carbonyl (C=O) groups excluding carboxylic acids is 1. The molecule has 0 aliphatic carbocycles. The standard InChI is InChI=1S/C12H18N4O3/c1-7-3-4-13-6-9(7)15-10(17)8-5-14-12(19)16(2)11(8)18/h5,7,9,13H,3-4,6H2,1-2H3,(H,14,19)(H,15,17). The summed E-state index contributed by atoms with van der Waals surface area (Å²) in [6.07, 6.45) is 2.15. The maximum Gasteiger partial charge on any atom is 0.328 e. The van der Waals surface area contributed by atoms with Gasteiger partial charge in [-0.25, -0.2) is 4.79 Å². The van der Waals surface area contributed by atoms with Crippen molar-refractivity contribution in [1.29, 1.82) is 0 Å². The normalized spacial score (nSPS) is 23.1. The van der Waals surface area contributed by atoms with Gasteiger partial charge in [-0.05, 0) is 18.9 Å². The van der Waals surface area contributed by atoms with Crippen LogP contribution in [0.3, 0.4) is 0 Å². The fourth-order valence-electron chi connectivity index (χ4n) is 2.16. The first kappa shape index (κ1) is 13.5. The topological polar surface area (TPSA) is 96.0 Å². The zero-order valence-electron chi connectivity index (χ0n) is 11.0. The van der Waals surface area contributed by atoms with Crippen LogP contribution in [0.5, 0.6) is 0 Å². The van der Waals surface area contributed by atoms with Crippen LogP contribution in [-0.4, -0.2) is 34.6 Å². The monoisotopic (exact) mass is 266 g/mol. The molecule has 0 bridgehead atoms. The largest absolute Gasteiger partial charge is 0.348 e. The maximum absolute atomic E-state index is 12.1. The minimum Gasteiger partial charge on any atom is -0.348 e. The molecule has 3 N–H and O–H groups in total. The Morgan fingerprint density at radius 3 is 2.89 bits per heavy atom. The molecule has 7 nitrogen and oxygen atoms in total. The number of hydrogen-bond donors (Lipinski definition) is 3. The van der Waals surface area contributed by atoms with Gasteiger partial charge in [0.15, 0.2) is 0 Å². The van der Waals surface area contributed by atoms with Gasteiger partial charge in [-0.3, -0.25) is 14.2 Å². The van der Waals surface area contributed by atoms with E-state index in [0.29, 0.717) is 12.5 Å². The number of nitrogens with zero attached hydrogens (tertiary/aromatic N) is 1. The van der Waals surface area contributed by atoms with Crippen LogP contribution >= 0.6 is 0 Å². The van der Waals surface area contributed by atoms with Gasteiger partial charge < -0.3 is 15.6 Å². The first-order valence-electron chi connectivity index (χ1n) is 6.31. The number of aromatic nitrogens is 2. The van der Waals surface area contributed by atoms with Crippen molar-refractivity contribution < 1.29 is 4.79 Å². The minimum atomic E-state index is -0.585. The number of H-pyrrole nitrogens is 1. The highest BCUT2D eigenvalue weighted by molar-refractivity contribution is 5.93. The van der Waals surface area contributed by atoms with Crippen molar-refractivity contribution in [3.8, 4) is 0 Å². The number of rotatable bonds is 2. The molecule has 0 aromatic carbocycles. The fraction of sp³-hybridized carbons (Fsp3) is 0.583. The van der Waals surface area contributed by atoms with Crippen molar-refractivity contribution in [2.45, 2.75) is 19.4 Å². The van der Waals surface area contributed by atoms with E-state index in [1.165, 1.54) is 13.2 Å². The van der Waals surface area contributed by atoms with Gasteiger partial charge in [0.25, 0.3) is 11.5 Å². The molecule has 19 heavy (non-hydrogen) atoms. The van der Waals surface area contributed by atoms with Crippen molar-refractivity contribution in [3.05, 3.63) is 32.6 Å². The van der Waals surface area contributed by atoms with Crippen molar-refractivity contribution >= 4 is 5.91 Å². The second-order valence-corrected chi connectivity index (χ2v) is 4.92. The lowest BCUT2D eigenvalue weighted by Gasteiger charge is -2.30. The average molecular weight is 266 g/mol. The third-order valence-electron chi connectivity index (χ3n) is 3.57. The molecule has 104 valence electrons. The number of carbonyl (C=O) groups is 1. The maximum atomic E-state index is 12.1. The number of aromatic amines is 1. The molecule has 1 aliphatic rings. The van der Waals surface area contributed by atoms with Gasteiger partial charge in [-0.15, -0.1) is 0 Å². The molecule has 0 radical (unpaired) electrons. The summed E-state index contributed by atoms with van der Waals surface area (Å²) in [6.45, 7) is 3.70. The summed E-state index contributed by atoms with van der Waals surface area (Å²) in [5, 5.41) is 6.04. The Kier molecular flexibility index (Phi) is 3.84. The Morgan fingerprint density at radius 1 is 1.47 bits per heavy atom. The Morgan fingerprint density at radius 2 is 2.21 bits per heavy atom. The molecule has 2 rings (SSSR count). The van der Waals surface area contributed by atoms with E-state index in [4.69, 9.17) is 0 Å². The highest BCUT2D eigenvalue weighted by Gasteiger charge is 2.24. The van der Waals surface area contributed by atoms with Crippen LogP contribution in [-0.2, 0) is 7.05 Å². The first-order chi connectivity index (χ1) is 9.00. The molecule has 1 aliphatic heterocycles. The molecule has 1 saturated heterocycles. The van der Waals surface area contributed by atoms with Gasteiger partial charge >= 0.3 is 5.69 Å². The molecule has 2 atom stereocenters. The predicted molar refractivity (Wildman–Crippen MR) is 70.2 cm³/mol. The Labute approximate surface area is 110 Å². The molecule has 1 amide bonds. The van der Waals surface area contributed by atoms with Crippen LogP contribution in [0, 0.1) is 5.92 Å². The van der Waals surface area contributed by atoms with E-state index in [0.717, 1.165) is 17.5 Å². The molecular weight excluding hydrogens is 248 g/mol. The third kappa shape index (κ3) is 2.76. The van der Waals surface area contributed by atoms with Crippen molar-refractivity contribution in [3.63, 3.8) is 0 Å². The SMILES string of the molecule is CC1CCNCC1NC(=O)c1c[nH]c(=O)n(C)c1=O. The van der Waals surface area contributed by atoms with Gasteiger partial charge in [-0.1, -0.05) is 6.92 Å². The minimum absolute atomic E-state index is 0.00196. The van der Waals surface area contributed by atoms with Crippen LogP contribution in [0.15, 0.2) is 15.8 Å². The van der Waals surface area contributed by atoms with Crippen LogP contribution in [0.1, 0.15) is 23.7 Å². The van der Waals surface area contributed by atoms with Gasteiger partial charge in [0.1, 0.15) is 5.56 Å². The Hall–Kier alpha value is -1.89. The summed E-state index contributed by atoms with van der Waals surface area (Å²) in [7, 11) is 1.34. The average Bonchev–Trinajstić information content (AvgIpc) is 2.39. The van der Waals surface area contributed by atoms with Crippen LogP contribution in [0.25, 0.3) is 0 Å². The molecule has 0 spiro atoms. The second kappa shape index (κ2) is 5.40. The zero-order chi connectivity index (χ0) is 14.0. The first-order valence-corrected chi connectivity index (χ1v) is 6.31. The Bertz CT molecular complexity index is 589. The van der Waals surface area contributed by atoms with E-state index in [-0.39, 0.29) is 11.6 Å².